The highest BCUT2D eigenvalue weighted by atomic mass is 19.1. The number of nitrogens with two attached hydrogens (primary N) is 1. The van der Waals surface area contributed by atoms with Crippen molar-refractivity contribution in [3.05, 3.63) is 76.8 Å². The molecule has 0 saturated carbocycles. The number of hydrogen-bond donors (Lipinski definition) is 2. The van der Waals surface area contributed by atoms with Crippen molar-refractivity contribution in [3.8, 4) is 22.3 Å². The van der Waals surface area contributed by atoms with Gasteiger partial charge in [-0.15, -0.1) is 0 Å². The average molecular weight is 447 g/mol. The fourth-order valence-corrected chi connectivity index (χ4v) is 4.25. The molecule has 0 spiro atoms. The zero-order valence-electron chi connectivity index (χ0n) is 18.1. The van der Waals surface area contributed by atoms with Crippen LogP contribution in [0.4, 0.5) is 20.3 Å². The van der Waals surface area contributed by atoms with Crippen molar-refractivity contribution in [1.82, 2.24) is 14.9 Å². The second kappa shape index (κ2) is 8.29. The van der Waals surface area contributed by atoms with Crippen LogP contribution in [0.3, 0.4) is 0 Å². The lowest BCUT2D eigenvalue weighted by Crippen LogP contribution is -2.44. The van der Waals surface area contributed by atoms with Crippen LogP contribution < -0.4 is 16.2 Å². The van der Waals surface area contributed by atoms with E-state index in [2.05, 4.69) is 26.8 Å². The third-order valence-corrected chi connectivity index (χ3v) is 6.21. The van der Waals surface area contributed by atoms with Crippen molar-refractivity contribution in [2.75, 3.05) is 43.9 Å². The molecule has 4 aromatic rings. The minimum absolute atomic E-state index is 0.00472. The van der Waals surface area contributed by atoms with E-state index in [1.54, 1.807) is 12.1 Å². The molecule has 3 heterocycles. The van der Waals surface area contributed by atoms with Gasteiger partial charge in [0.2, 0.25) is 5.95 Å². The number of hydrogen-bond acceptors (Lipinski definition) is 5. The number of aromatic amines is 1. The van der Waals surface area contributed by atoms with Crippen molar-refractivity contribution in [3.63, 3.8) is 0 Å². The SMILES string of the molecule is CN1CCN(c2ccc(-c3cc(-c4ccc5c(=O)[nH]cc(F)c5c4)c(N)nc3F)cc2)CC1. The highest BCUT2D eigenvalue weighted by Crippen LogP contribution is 2.34. The van der Waals surface area contributed by atoms with Gasteiger partial charge in [0.1, 0.15) is 11.6 Å². The first-order chi connectivity index (χ1) is 15.9. The number of nitrogens with zero attached hydrogens (tertiary/aromatic N) is 3. The molecule has 168 valence electrons. The Balaban J connectivity index is 1.53. The summed E-state index contributed by atoms with van der Waals surface area (Å²) in [4.78, 5) is 22.8. The van der Waals surface area contributed by atoms with Crippen molar-refractivity contribution in [2.24, 2.45) is 0 Å². The Bertz CT molecular complexity index is 1390. The van der Waals surface area contributed by atoms with Crippen LogP contribution in [-0.2, 0) is 0 Å². The van der Waals surface area contributed by atoms with Crippen LogP contribution in [-0.4, -0.2) is 48.1 Å². The van der Waals surface area contributed by atoms with Crippen LogP contribution in [0, 0.1) is 11.8 Å². The van der Waals surface area contributed by atoms with Crippen LogP contribution in [0.25, 0.3) is 33.0 Å². The van der Waals surface area contributed by atoms with Crippen LogP contribution in [0.1, 0.15) is 0 Å². The minimum atomic E-state index is -0.674. The van der Waals surface area contributed by atoms with Gasteiger partial charge in [0, 0.05) is 60.0 Å². The lowest BCUT2D eigenvalue weighted by Gasteiger charge is -2.34. The van der Waals surface area contributed by atoms with Gasteiger partial charge >= 0.3 is 0 Å². The second-order valence-corrected chi connectivity index (χ2v) is 8.32. The number of rotatable bonds is 3. The van der Waals surface area contributed by atoms with E-state index in [0.717, 1.165) is 38.1 Å². The first-order valence-electron chi connectivity index (χ1n) is 10.7. The van der Waals surface area contributed by atoms with Gasteiger partial charge in [0.05, 0.1) is 0 Å². The summed E-state index contributed by atoms with van der Waals surface area (Å²) in [6.45, 7) is 3.89. The summed E-state index contributed by atoms with van der Waals surface area (Å²) < 4.78 is 29.1. The Labute approximate surface area is 189 Å². The van der Waals surface area contributed by atoms with Gasteiger partial charge in [0.25, 0.3) is 5.56 Å². The average Bonchev–Trinajstić information content (AvgIpc) is 2.82. The van der Waals surface area contributed by atoms with Crippen LogP contribution in [0.15, 0.2) is 59.5 Å². The summed E-state index contributed by atoms with van der Waals surface area (Å²) >= 11 is 0. The molecule has 1 saturated heterocycles. The third-order valence-electron chi connectivity index (χ3n) is 6.21. The van der Waals surface area contributed by atoms with Gasteiger partial charge < -0.3 is 20.5 Å². The summed E-state index contributed by atoms with van der Waals surface area (Å²) in [6, 6.07) is 14.0. The first-order valence-corrected chi connectivity index (χ1v) is 10.7. The summed E-state index contributed by atoms with van der Waals surface area (Å²) in [7, 11) is 2.11. The van der Waals surface area contributed by atoms with Crippen molar-refractivity contribution in [1.29, 1.82) is 0 Å². The van der Waals surface area contributed by atoms with Gasteiger partial charge in [-0.1, -0.05) is 18.2 Å². The monoisotopic (exact) mass is 447 g/mol. The predicted molar refractivity (Wildman–Crippen MR) is 127 cm³/mol. The fraction of sp³-hybridized carbons (Fsp3) is 0.200. The number of anilines is 2. The second-order valence-electron chi connectivity index (χ2n) is 8.32. The Morgan fingerprint density at radius 1 is 0.909 bits per heavy atom. The minimum Gasteiger partial charge on any atom is -0.383 e. The van der Waals surface area contributed by atoms with E-state index in [1.807, 2.05) is 24.3 Å². The molecule has 3 N–H and O–H groups in total. The Morgan fingerprint density at radius 2 is 1.61 bits per heavy atom. The summed E-state index contributed by atoms with van der Waals surface area (Å²) in [5, 5.41) is 0.394. The molecular formula is C25H23F2N5O. The molecule has 0 aliphatic carbocycles. The van der Waals surface area contributed by atoms with E-state index >= 15 is 0 Å². The topological polar surface area (TPSA) is 78.2 Å². The summed E-state index contributed by atoms with van der Waals surface area (Å²) in [5.41, 5.74) is 8.71. The number of piperazine rings is 1. The standard InChI is InChI=1S/C25H23F2N5O/c1-31-8-10-32(11-9-31)17-5-2-15(3-6-17)19-13-20(24(28)30-23(19)27)16-4-7-18-21(12-16)22(26)14-29-25(18)33/h2-7,12-14H,8-11H2,1H3,(H2,28,30)(H,29,33). The number of benzene rings is 2. The van der Waals surface area contributed by atoms with Gasteiger partial charge in [-0.05, 0) is 48.5 Å². The molecule has 1 fully saturated rings. The zero-order chi connectivity index (χ0) is 23.1. The maximum atomic E-state index is 14.8. The Morgan fingerprint density at radius 3 is 2.33 bits per heavy atom. The number of likely N-dealkylation sites (N-methyl/N-ethyl adjacent to an activating group) is 1. The smallest absolute Gasteiger partial charge is 0.256 e. The van der Waals surface area contributed by atoms with E-state index in [9.17, 15) is 13.6 Å². The quantitative estimate of drug-likeness (QED) is 0.466. The maximum absolute atomic E-state index is 14.8. The number of pyridine rings is 2. The van der Waals surface area contributed by atoms with Gasteiger partial charge in [-0.2, -0.15) is 4.39 Å². The molecule has 0 radical (unpaired) electrons. The van der Waals surface area contributed by atoms with E-state index < -0.39 is 11.8 Å². The molecule has 1 aliphatic rings. The normalized spacial score (nSPS) is 14.7. The Kier molecular flexibility index (Phi) is 5.30. The number of aromatic nitrogens is 2. The lowest BCUT2D eigenvalue weighted by molar-refractivity contribution is 0.313. The predicted octanol–water partition coefficient (Wildman–Crippen LogP) is 3.87. The maximum Gasteiger partial charge on any atom is 0.256 e. The van der Waals surface area contributed by atoms with Gasteiger partial charge in [-0.25, -0.2) is 9.37 Å². The molecule has 33 heavy (non-hydrogen) atoms. The molecule has 2 aromatic carbocycles. The number of nitrogen functional groups attached to an aromatic ring is 1. The number of H-pyrrole nitrogens is 1. The largest absolute Gasteiger partial charge is 0.383 e. The van der Waals surface area contributed by atoms with Gasteiger partial charge in [0.15, 0.2) is 0 Å². The lowest BCUT2D eigenvalue weighted by atomic mass is 9.98. The van der Waals surface area contributed by atoms with Crippen molar-refractivity contribution >= 4 is 22.3 Å². The number of nitrogens with one attached hydrogen (secondary N) is 1. The fourth-order valence-electron chi connectivity index (χ4n) is 4.25. The molecule has 1 aliphatic heterocycles. The van der Waals surface area contributed by atoms with Gasteiger partial charge in [-0.3, -0.25) is 4.79 Å². The van der Waals surface area contributed by atoms with E-state index in [1.165, 1.54) is 12.1 Å². The molecule has 0 bridgehead atoms. The number of halogens is 2. The van der Waals surface area contributed by atoms with Crippen LogP contribution >= 0.6 is 0 Å². The first kappa shape index (κ1) is 21.1. The molecular weight excluding hydrogens is 424 g/mol. The van der Waals surface area contributed by atoms with Crippen molar-refractivity contribution < 1.29 is 8.78 Å². The molecule has 0 amide bonds. The highest BCUT2D eigenvalue weighted by Gasteiger charge is 2.17. The van der Waals surface area contributed by atoms with Crippen LogP contribution in [0.2, 0.25) is 0 Å². The summed E-state index contributed by atoms with van der Waals surface area (Å²) in [5.74, 6) is -1.23. The number of fused-ring (bicyclic) bond motifs is 1. The molecule has 6 nitrogen and oxygen atoms in total. The van der Waals surface area contributed by atoms with E-state index in [-0.39, 0.29) is 22.1 Å². The molecule has 0 atom stereocenters. The highest BCUT2D eigenvalue weighted by molar-refractivity contribution is 5.89. The van der Waals surface area contributed by atoms with E-state index in [0.29, 0.717) is 22.3 Å². The molecule has 5 rings (SSSR count). The molecule has 8 heteroatoms. The van der Waals surface area contributed by atoms with Crippen LogP contribution in [0.5, 0.6) is 0 Å². The zero-order valence-corrected chi connectivity index (χ0v) is 18.1. The molecule has 0 unspecified atom stereocenters. The Hall–Kier alpha value is -3.78. The third kappa shape index (κ3) is 3.93. The van der Waals surface area contributed by atoms with E-state index in [4.69, 9.17) is 5.73 Å². The summed E-state index contributed by atoms with van der Waals surface area (Å²) in [6.07, 6.45) is 1.02. The van der Waals surface area contributed by atoms with Crippen molar-refractivity contribution in [2.45, 2.75) is 0 Å². The molecule has 2 aromatic heterocycles.